The summed E-state index contributed by atoms with van der Waals surface area (Å²) in [6.07, 6.45) is 70.0. The molecule has 6 heteroatoms. The summed E-state index contributed by atoms with van der Waals surface area (Å²) in [4.78, 5) is 24.4. The SMILES string of the molecule is CCCCCCCCC/C=C\CCCCCCCC(=O)OCCCCCCCCCCC/C=C\C/C=C\CCCCCCCCCC(=O)NC(CO)C(O)/C=C/CCCCCCCCCC. The normalized spacial score (nSPS) is 13.0. The Balaban J connectivity index is 3.45. The molecule has 0 aromatic rings. The van der Waals surface area contributed by atoms with Crippen LogP contribution in [0.1, 0.15) is 296 Å². The second kappa shape index (κ2) is 55.4. The van der Waals surface area contributed by atoms with Crippen molar-refractivity contribution in [3.8, 4) is 0 Å². The third-order valence-electron chi connectivity index (χ3n) is 13.1. The van der Waals surface area contributed by atoms with E-state index in [0.717, 1.165) is 64.2 Å². The second-order valence-corrected chi connectivity index (χ2v) is 19.6. The summed E-state index contributed by atoms with van der Waals surface area (Å²) >= 11 is 0. The highest BCUT2D eigenvalue weighted by molar-refractivity contribution is 5.76. The molecule has 6 nitrogen and oxygen atoms in total. The summed E-state index contributed by atoms with van der Waals surface area (Å²) in [6.45, 7) is 4.87. The average Bonchev–Trinajstić information content (AvgIpc) is 3.32. The number of allylic oxidation sites excluding steroid dienone is 7. The maximum Gasteiger partial charge on any atom is 0.305 e. The van der Waals surface area contributed by atoms with Crippen LogP contribution in [-0.2, 0) is 14.3 Å². The lowest BCUT2D eigenvalue weighted by molar-refractivity contribution is -0.143. The molecule has 386 valence electrons. The number of unbranched alkanes of at least 4 members (excludes halogenated alkanes) is 36. The van der Waals surface area contributed by atoms with Crippen LogP contribution in [0.2, 0.25) is 0 Å². The van der Waals surface area contributed by atoms with E-state index in [0.29, 0.717) is 19.4 Å². The molecule has 3 N–H and O–H groups in total. The van der Waals surface area contributed by atoms with Gasteiger partial charge in [-0.05, 0) is 89.9 Å². The number of rotatable bonds is 53. The summed E-state index contributed by atoms with van der Waals surface area (Å²) in [7, 11) is 0. The first-order valence-electron chi connectivity index (χ1n) is 28.9. The van der Waals surface area contributed by atoms with Gasteiger partial charge in [0.05, 0.1) is 25.4 Å². The van der Waals surface area contributed by atoms with Gasteiger partial charge in [-0.1, -0.05) is 242 Å². The summed E-state index contributed by atoms with van der Waals surface area (Å²) in [5.41, 5.74) is 0. The van der Waals surface area contributed by atoms with Crippen LogP contribution in [-0.4, -0.2) is 47.4 Å². The highest BCUT2D eigenvalue weighted by atomic mass is 16.5. The molecule has 2 unspecified atom stereocenters. The van der Waals surface area contributed by atoms with Gasteiger partial charge >= 0.3 is 5.97 Å². The smallest absolute Gasteiger partial charge is 0.305 e. The zero-order valence-corrected chi connectivity index (χ0v) is 43.9. The van der Waals surface area contributed by atoms with Crippen molar-refractivity contribution in [2.24, 2.45) is 0 Å². The van der Waals surface area contributed by atoms with E-state index < -0.39 is 12.1 Å². The van der Waals surface area contributed by atoms with Crippen molar-refractivity contribution in [3.05, 3.63) is 48.6 Å². The van der Waals surface area contributed by atoms with Crippen LogP contribution < -0.4 is 5.32 Å². The molecular weight excluding hydrogens is 815 g/mol. The number of hydrogen-bond acceptors (Lipinski definition) is 5. The molecule has 1 amide bonds. The van der Waals surface area contributed by atoms with Crippen LogP contribution in [0.5, 0.6) is 0 Å². The third-order valence-corrected chi connectivity index (χ3v) is 13.1. The predicted octanol–water partition coefficient (Wildman–Crippen LogP) is 17.8. The maximum absolute atomic E-state index is 12.4. The minimum atomic E-state index is -0.850. The Morgan fingerprint density at radius 3 is 1.17 bits per heavy atom. The molecule has 0 bridgehead atoms. The molecule has 0 aromatic heterocycles. The van der Waals surface area contributed by atoms with E-state index >= 15 is 0 Å². The molecule has 66 heavy (non-hydrogen) atoms. The molecule has 0 saturated heterocycles. The van der Waals surface area contributed by atoms with Gasteiger partial charge in [-0.3, -0.25) is 9.59 Å². The van der Waals surface area contributed by atoms with Crippen molar-refractivity contribution in [2.75, 3.05) is 13.2 Å². The summed E-state index contributed by atoms with van der Waals surface area (Å²) in [5.74, 6) is -0.0828. The molecule has 0 aliphatic rings. The highest BCUT2D eigenvalue weighted by Gasteiger charge is 2.18. The van der Waals surface area contributed by atoms with Crippen molar-refractivity contribution >= 4 is 11.9 Å². The van der Waals surface area contributed by atoms with Crippen molar-refractivity contribution in [1.29, 1.82) is 0 Å². The van der Waals surface area contributed by atoms with E-state index in [9.17, 15) is 19.8 Å². The van der Waals surface area contributed by atoms with Gasteiger partial charge in [0.25, 0.3) is 0 Å². The lowest BCUT2D eigenvalue weighted by Crippen LogP contribution is -2.45. The number of carbonyl (C=O) groups excluding carboxylic acids is 2. The first-order valence-corrected chi connectivity index (χ1v) is 28.9. The van der Waals surface area contributed by atoms with E-state index in [1.54, 1.807) is 6.08 Å². The van der Waals surface area contributed by atoms with Crippen LogP contribution in [0.25, 0.3) is 0 Å². The van der Waals surface area contributed by atoms with Crippen LogP contribution in [0.4, 0.5) is 0 Å². The molecule has 2 atom stereocenters. The fraction of sp³-hybridized carbons (Fsp3) is 0.833. The lowest BCUT2D eigenvalue weighted by atomic mass is 10.1. The second-order valence-electron chi connectivity index (χ2n) is 19.6. The van der Waals surface area contributed by atoms with E-state index in [1.165, 1.54) is 205 Å². The van der Waals surface area contributed by atoms with Gasteiger partial charge < -0.3 is 20.3 Å². The van der Waals surface area contributed by atoms with Gasteiger partial charge in [-0.15, -0.1) is 0 Å². The molecule has 0 saturated carbocycles. The van der Waals surface area contributed by atoms with Gasteiger partial charge in [0.1, 0.15) is 0 Å². The van der Waals surface area contributed by atoms with Gasteiger partial charge in [-0.2, -0.15) is 0 Å². The summed E-state index contributed by atoms with van der Waals surface area (Å²) in [6, 6.07) is -0.634. The van der Waals surface area contributed by atoms with Gasteiger partial charge in [0.2, 0.25) is 5.91 Å². The molecular formula is C60H111NO5. The fourth-order valence-electron chi connectivity index (χ4n) is 8.60. The topological polar surface area (TPSA) is 95.9 Å². The van der Waals surface area contributed by atoms with E-state index in [-0.39, 0.29) is 18.5 Å². The number of ether oxygens (including phenoxy) is 1. The van der Waals surface area contributed by atoms with Crippen LogP contribution >= 0.6 is 0 Å². The number of amides is 1. The van der Waals surface area contributed by atoms with Crippen LogP contribution in [0, 0.1) is 0 Å². The Bertz CT molecular complexity index is 1110. The molecule has 0 aromatic carbocycles. The number of hydrogen-bond donors (Lipinski definition) is 3. The molecule has 0 fully saturated rings. The Morgan fingerprint density at radius 1 is 0.424 bits per heavy atom. The van der Waals surface area contributed by atoms with E-state index in [2.05, 4.69) is 55.6 Å². The zero-order valence-electron chi connectivity index (χ0n) is 43.9. The van der Waals surface area contributed by atoms with Crippen LogP contribution in [0.15, 0.2) is 48.6 Å². The molecule has 0 rings (SSSR count). The summed E-state index contributed by atoms with van der Waals surface area (Å²) in [5, 5.41) is 23.0. The van der Waals surface area contributed by atoms with E-state index in [4.69, 9.17) is 4.74 Å². The molecule has 0 radical (unpaired) electrons. The van der Waals surface area contributed by atoms with E-state index in [1.807, 2.05) is 6.08 Å². The first-order chi connectivity index (χ1) is 32.5. The fourth-order valence-corrected chi connectivity index (χ4v) is 8.60. The number of esters is 1. The predicted molar refractivity (Wildman–Crippen MR) is 287 cm³/mol. The summed E-state index contributed by atoms with van der Waals surface area (Å²) < 4.78 is 5.48. The Hall–Kier alpha value is -2.18. The minimum Gasteiger partial charge on any atom is -0.466 e. The van der Waals surface area contributed by atoms with Gasteiger partial charge in [0, 0.05) is 12.8 Å². The maximum atomic E-state index is 12.4. The quantitative estimate of drug-likeness (QED) is 0.0321. The monoisotopic (exact) mass is 926 g/mol. The largest absolute Gasteiger partial charge is 0.466 e. The lowest BCUT2D eigenvalue weighted by Gasteiger charge is -2.20. The number of nitrogens with one attached hydrogen (secondary N) is 1. The Labute approximate surface area is 410 Å². The number of aliphatic hydroxyl groups is 2. The van der Waals surface area contributed by atoms with Crippen LogP contribution in [0.3, 0.4) is 0 Å². The first kappa shape index (κ1) is 63.8. The van der Waals surface area contributed by atoms with Crippen molar-refractivity contribution in [2.45, 2.75) is 309 Å². The Morgan fingerprint density at radius 2 is 0.758 bits per heavy atom. The standard InChI is InChI=1S/C60H111NO5/c1-3-5-7-9-11-13-15-16-17-28-31-34-38-42-46-50-54-60(65)66-55-51-47-43-39-35-32-29-26-24-22-20-18-19-21-23-25-27-30-33-37-41-45-49-53-59(64)61-57(56-62)58(63)52-48-44-40-36-14-12-10-8-6-4-2/h17-18,20-21,23,28,48,52,57-58,62-63H,3-16,19,22,24-27,29-47,49-51,53-56H2,1-2H3,(H,61,64)/b20-18-,23-21-,28-17-,52-48+. The van der Waals surface area contributed by atoms with Gasteiger partial charge in [0.15, 0.2) is 0 Å². The van der Waals surface area contributed by atoms with Crippen molar-refractivity contribution < 1.29 is 24.5 Å². The van der Waals surface area contributed by atoms with Gasteiger partial charge in [-0.25, -0.2) is 0 Å². The highest BCUT2D eigenvalue weighted by Crippen LogP contribution is 2.15. The third kappa shape index (κ3) is 51.2. The average molecular weight is 927 g/mol. The number of carbonyl (C=O) groups is 2. The number of aliphatic hydroxyl groups excluding tert-OH is 2. The minimum absolute atomic E-state index is 0.00156. The molecule has 0 spiro atoms. The molecule has 0 aliphatic carbocycles. The molecule has 0 aliphatic heterocycles. The molecule has 0 heterocycles. The van der Waals surface area contributed by atoms with Crippen molar-refractivity contribution in [1.82, 2.24) is 5.32 Å². The zero-order chi connectivity index (χ0) is 47.9. The Kier molecular flexibility index (Phi) is 53.6. The van der Waals surface area contributed by atoms with Crippen molar-refractivity contribution in [3.63, 3.8) is 0 Å².